The molecule has 0 spiro atoms. The number of nitrogens with zero attached hydrogens (tertiary/aromatic N) is 4. The Bertz CT molecular complexity index is 1650. The van der Waals surface area contributed by atoms with Gasteiger partial charge in [0.05, 0.1) is 37.0 Å². The van der Waals surface area contributed by atoms with Gasteiger partial charge >= 0.3 is 0 Å². The fraction of sp³-hybridized carbons (Fsp3) is 0.357. The van der Waals surface area contributed by atoms with Crippen LogP contribution in [0.1, 0.15) is 21.6 Å². The molecule has 1 amide bonds. The fourth-order valence-electron chi connectivity index (χ4n) is 5.64. The quantitative estimate of drug-likeness (QED) is 0.461. The number of sulfone groups is 1. The van der Waals surface area contributed by atoms with Gasteiger partial charge in [0.25, 0.3) is 5.91 Å². The lowest BCUT2D eigenvalue weighted by atomic mass is 9.99. The number of carbonyl (C=O) groups excluding carboxylic acids is 1. The summed E-state index contributed by atoms with van der Waals surface area (Å²) < 4.78 is 54.0. The van der Waals surface area contributed by atoms with Crippen molar-refractivity contribution >= 4 is 15.7 Å². The molecule has 39 heavy (non-hydrogen) atoms. The van der Waals surface area contributed by atoms with Gasteiger partial charge in [0.15, 0.2) is 15.5 Å². The molecule has 11 heteroatoms. The van der Waals surface area contributed by atoms with Crippen molar-refractivity contribution in [3.63, 3.8) is 0 Å². The molecule has 2 fully saturated rings. The van der Waals surface area contributed by atoms with E-state index in [0.29, 0.717) is 37.7 Å². The minimum absolute atomic E-state index is 0.0372. The number of ether oxygens (including phenoxy) is 2. The molecule has 0 N–H and O–H groups in total. The highest BCUT2D eigenvalue weighted by molar-refractivity contribution is 7.91. The van der Waals surface area contributed by atoms with Gasteiger partial charge in [-0.15, -0.1) is 0 Å². The Morgan fingerprint density at radius 3 is 2.59 bits per heavy atom. The first-order valence-corrected chi connectivity index (χ1v) is 14.5. The van der Waals surface area contributed by atoms with Crippen molar-refractivity contribution in [2.75, 3.05) is 39.5 Å². The molecule has 0 bridgehead atoms. The highest BCUT2D eigenvalue weighted by Gasteiger charge is 2.42. The Morgan fingerprint density at radius 1 is 1.05 bits per heavy atom. The normalized spacial score (nSPS) is 23.1. The zero-order chi connectivity index (χ0) is 26.7. The molecule has 3 aliphatic heterocycles. The van der Waals surface area contributed by atoms with Gasteiger partial charge in [0.2, 0.25) is 0 Å². The predicted octanol–water partition coefficient (Wildman–Crippen LogP) is 2.02. The first-order chi connectivity index (χ1) is 18.9. The number of amides is 1. The summed E-state index contributed by atoms with van der Waals surface area (Å²) in [7, 11) is -4.04. The molecule has 0 saturated carbocycles. The minimum Gasteiger partial charge on any atom is -0.379 e. The second-order valence-corrected chi connectivity index (χ2v) is 12.0. The lowest BCUT2D eigenvalue weighted by Crippen LogP contribution is -2.56. The van der Waals surface area contributed by atoms with Crippen LogP contribution in [0.25, 0.3) is 16.9 Å². The summed E-state index contributed by atoms with van der Waals surface area (Å²) in [6.07, 6.45) is -0.349. The van der Waals surface area contributed by atoms with Crippen LogP contribution in [0.15, 0.2) is 47.4 Å². The van der Waals surface area contributed by atoms with Crippen molar-refractivity contribution < 1.29 is 27.1 Å². The van der Waals surface area contributed by atoms with Gasteiger partial charge in [-0.05, 0) is 23.8 Å². The van der Waals surface area contributed by atoms with Crippen LogP contribution in [-0.4, -0.2) is 85.5 Å². The van der Waals surface area contributed by atoms with Crippen LogP contribution >= 0.6 is 0 Å². The Morgan fingerprint density at radius 2 is 1.85 bits per heavy atom. The average molecular weight is 549 g/mol. The van der Waals surface area contributed by atoms with Gasteiger partial charge in [-0.1, -0.05) is 36.1 Å². The lowest BCUT2D eigenvalue weighted by molar-refractivity contribution is -0.0230. The van der Waals surface area contributed by atoms with Crippen LogP contribution in [0.3, 0.4) is 0 Å². The Balaban J connectivity index is 1.33. The van der Waals surface area contributed by atoms with Gasteiger partial charge in [0.1, 0.15) is 22.9 Å². The number of aromatic nitrogens is 2. The molecule has 4 heterocycles. The number of benzene rings is 2. The summed E-state index contributed by atoms with van der Waals surface area (Å²) >= 11 is 0. The maximum absolute atomic E-state index is 14.9. The van der Waals surface area contributed by atoms with E-state index in [4.69, 9.17) is 9.47 Å². The van der Waals surface area contributed by atoms with Crippen LogP contribution in [0.4, 0.5) is 4.39 Å². The van der Waals surface area contributed by atoms with Crippen molar-refractivity contribution in [3.05, 3.63) is 65.1 Å². The van der Waals surface area contributed by atoms with Crippen molar-refractivity contribution in [2.45, 2.75) is 29.3 Å². The number of halogens is 1. The van der Waals surface area contributed by atoms with Crippen LogP contribution in [0.5, 0.6) is 0 Å². The fourth-order valence-corrected chi connectivity index (χ4v) is 7.30. The van der Waals surface area contributed by atoms with Gasteiger partial charge in [-0.25, -0.2) is 17.5 Å². The summed E-state index contributed by atoms with van der Waals surface area (Å²) in [5, 5.41) is 4.68. The number of hydrogen-bond donors (Lipinski definition) is 0. The summed E-state index contributed by atoms with van der Waals surface area (Å²) in [6, 6.07) is 11.5. The maximum atomic E-state index is 14.9. The Kier molecular flexibility index (Phi) is 5.82. The second kappa shape index (κ2) is 9.27. The molecule has 0 radical (unpaired) electrons. The molecule has 4 aliphatic rings. The standard InChI is InChI=1S/C28H25FN4O5S/c29-22-3-1-2-20-26-21(17-39(35,36)27(20)22)25(28(34)32-12-15-38-24-9-8-23(24)32)30-33(26)19-6-4-18(5-7-19)16-31-10-13-37-14-11-31/h1-7,23-24H,10-17H2/t23-,24+/m0/s1. The smallest absolute Gasteiger partial charge is 0.275 e. The van der Waals surface area contributed by atoms with Crippen LogP contribution < -0.4 is 0 Å². The number of rotatable bonds is 4. The summed E-state index contributed by atoms with van der Waals surface area (Å²) in [5.74, 6) is 4.12. The number of morpholine rings is 2. The number of carbonyl (C=O) groups is 1. The molecule has 9 nitrogen and oxygen atoms in total. The molecule has 1 aliphatic carbocycles. The highest BCUT2D eigenvalue weighted by Crippen LogP contribution is 2.42. The third kappa shape index (κ3) is 4.06. The van der Waals surface area contributed by atoms with E-state index < -0.39 is 33.4 Å². The van der Waals surface area contributed by atoms with E-state index in [-0.39, 0.29) is 27.8 Å². The summed E-state index contributed by atoms with van der Waals surface area (Å²) in [4.78, 5) is 17.4. The van der Waals surface area contributed by atoms with Crippen molar-refractivity contribution in [3.8, 4) is 28.8 Å². The van der Waals surface area contributed by atoms with Crippen molar-refractivity contribution in [1.29, 1.82) is 0 Å². The van der Waals surface area contributed by atoms with Gasteiger partial charge in [0, 0.05) is 37.3 Å². The second-order valence-electron chi connectivity index (χ2n) is 10.0. The van der Waals surface area contributed by atoms with E-state index in [1.165, 1.54) is 6.07 Å². The largest absolute Gasteiger partial charge is 0.379 e. The highest BCUT2D eigenvalue weighted by atomic mass is 32.2. The molecular weight excluding hydrogens is 523 g/mol. The van der Waals surface area contributed by atoms with E-state index in [1.54, 1.807) is 15.6 Å². The van der Waals surface area contributed by atoms with Crippen molar-refractivity contribution in [1.82, 2.24) is 19.6 Å². The monoisotopic (exact) mass is 548 g/mol. The third-order valence-electron chi connectivity index (χ3n) is 7.63. The van der Waals surface area contributed by atoms with E-state index in [9.17, 15) is 17.6 Å². The minimum atomic E-state index is -4.04. The van der Waals surface area contributed by atoms with E-state index in [0.717, 1.165) is 31.3 Å². The Labute approximate surface area is 225 Å². The Hall–Kier alpha value is -3.56. The molecule has 2 aromatic carbocycles. The molecular formula is C28H25FN4O5S. The topological polar surface area (TPSA) is 94.0 Å². The van der Waals surface area contributed by atoms with E-state index >= 15 is 0 Å². The first kappa shape index (κ1) is 24.5. The molecule has 2 saturated heterocycles. The molecule has 2 atom stereocenters. The van der Waals surface area contributed by atoms with Crippen LogP contribution in [0.2, 0.25) is 0 Å². The average Bonchev–Trinajstić information content (AvgIpc) is 3.28. The van der Waals surface area contributed by atoms with Gasteiger partial charge < -0.3 is 14.4 Å². The molecule has 3 aromatic rings. The summed E-state index contributed by atoms with van der Waals surface area (Å²) in [6.45, 7) is 4.59. The lowest BCUT2D eigenvalue weighted by Gasteiger charge is -2.39. The van der Waals surface area contributed by atoms with Crippen LogP contribution in [0, 0.1) is 17.7 Å². The molecule has 1 aromatic heterocycles. The SMILES string of the molecule is O=C(c1nn(-c2ccc(CN3CCOCC3)cc2)c2c1CS(=O)(=O)c1c(F)cccc1-2)N1CCO[C@@H]2C#C[C@@H]21. The first-order valence-electron chi connectivity index (χ1n) is 12.9. The van der Waals surface area contributed by atoms with Crippen molar-refractivity contribution in [2.24, 2.45) is 0 Å². The predicted molar refractivity (Wildman–Crippen MR) is 138 cm³/mol. The number of fused-ring (bicyclic) bond motifs is 4. The molecule has 0 unspecified atom stereocenters. The zero-order valence-corrected chi connectivity index (χ0v) is 21.8. The zero-order valence-electron chi connectivity index (χ0n) is 21.0. The molecule has 200 valence electrons. The molecule has 7 rings (SSSR count). The van der Waals surface area contributed by atoms with E-state index in [1.807, 2.05) is 24.3 Å². The van der Waals surface area contributed by atoms with E-state index in [2.05, 4.69) is 21.8 Å². The maximum Gasteiger partial charge on any atom is 0.275 e. The van der Waals surface area contributed by atoms with Gasteiger partial charge in [-0.2, -0.15) is 5.10 Å². The number of hydrogen-bond acceptors (Lipinski definition) is 7. The third-order valence-corrected chi connectivity index (χ3v) is 9.34. The van der Waals surface area contributed by atoms with Gasteiger partial charge in [-0.3, -0.25) is 9.69 Å². The van der Waals surface area contributed by atoms with Crippen LogP contribution in [-0.2, 0) is 31.6 Å². The summed E-state index contributed by atoms with van der Waals surface area (Å²) in [5.41, 5.74) is 2.67.